The monoisotopic (exact) mass is 456 g/mol. The van der Waals surface area contributed by atoms with Crippen LogP contribution in [0, 0.1) is 22.2 Å². The van der Waals surface area contributed by atoms with E-state index >= 15 is 0 Å². The number of ketones is 1. The molecule has 2 aromatic carbocycles. The highest BCUT2D eigenvalue weighted by atomic mass is 16.3. The van der Waals surface area contributed by atoms with Crippen LogP contribution in [0.3, 0.4) is 0 Å². The molecule has 3 unspecified atom stereocenters. The van der Waals surface area contributed by atoms with Gasteiger partial charge in [-0.25, -0.2) is 0 Å². The average Bonchev–Trinajstić information content (AvgIpc) is 2.76. The Morgan fingerprint density at radius 3 is 1.82 bits per heavy atom. The number of aliphatic hydroxyl groups is 1. The smallest absolute Gasteiger partial charge is 0.145 e. The van der Waals surface area contributed by atoms with E-state index in [4.69, 9.17) is 0 Å². The lowest BCUT2D eigenvalue weighted by Gasteiger charge is -2.54. The Kier molecular flexibility index (Phi) is 7.24. The molecule has 1 aliphatic rings. The fraction of sp³-hybridized carbons (Fsp3) is 0.406. The van der Waals surface area contributed by atoms with Gasteiger partial charge in [0, 0.05) is 10.8 Å². The van der Waals surface area contributed by atoms with E-state index in [1.807, 2.05) is 84.0 Å². The van der Waals surface area contributed by atoms with Crippen LogP contribution in [-0.4, -0.2) is 16.5 Å². The summed E-state index contributed by atoms with van der Waals surface area (Å²) in [6.07, 6.45) is 11.1. The van der Waals surface area contributed by atoms with Gasteiger partial charge in [-0.1, -0.05) is 133 Å². The molecule has 2 nitrogen and oxygen atoms in total. The SMILES string of the molecule is CC(C)(C)C(=O)C1C(C)(/C=C/c2ccccc2)CC(/C=C/c2ccccc2)=CC1(O)C(C)(C)C. The minimum Gasteiger partial charge on any atom is -0.384 e. The van der Waals surface area contributed by atoms with Gasteiger partial charge in [-0.3, -0.25) is 4.79 Å². The maximum Gasteiger partial charge on any atom is 0.145 e. The van der Waals surface area contributed by atoms with Crippen LogP contribution >= 0.6 is 0 Å². The third-order valence-corrected chi connectivity index (χ3v) is 7.04. The highest BCUT2D eigenvalue weighted by Crippen LogP contribution is 2.55. The largest absolute Gasteiger partial charge is 0.384 e. The van der Waals surface area contributed by atoms with Gasteiger partial charge in [0.1, 0.15) is 5.78 Å². The minimum atomic E-state index is -1.30. The summed E-state index contributed by atoms with van der Waals surface area (Å²) in [5.74, 6) is -0.485. The molecule has 3 rings (SSSR count). The molecule has 0 radical (unpaired) electrons. The van der Waals surface area contributed by atoms with Crippen LogP contribution in [0.1, 0.15) is 66.0 Å². The molecule has 2 aromatic rings. The number of carbonyl (C=O) groups is 1. The van der Waals surface area contributed by atoms with E-state index in [0.717, 1.165) is 16.7 Å². The zero-order chi connectivity index (χ0) is 25.2. The van der Waals surface area contributed by atoms with E-state index in [0.29, 0.717) is 6.42 Å². The molecule has 2 heteroatoms. The van der Waals surface area contributed by atoms with E-state index in [-0.39, 0.29) is 5.78 Å². The van der Waals surface area contributed by atoms with E-state index < -0.39 is 27.8 Å². The van der Waals surface area contributed by atoms with Crippen molar-refractivity contribution in [1.29, 1.82) is 0 Å². The Labute approximate surface area is 206 Å². The molecular weight excluding hydrogens is 416 g/mol. The summed E-state index contributed by atoms with van der Waals surface area (Å²) in [5.41, 5.74) is 0.260. The Morgan fingerprint density at radius 1 is 0.853 bits per heavy atom. The van der Waals surface area contributed by atoms with Crippen LogP contribution in [-0.2, 0) is 4.79 Å². The summed E-state index contributed by atoms with van der Waals surface area (Å²) in [4.78, 5) is 14.0. The summed E-state index contributed by atoms with van der Waals surface area (Å²) in [6, 6.07) is 20.3. The molecule has 0 aliphatic heterocycles. The number of hydrogen-bond acceptors (Lipinski definition) is 2. The number of rotatable bonds is 5. The van der Waals surface area contributed by atoms with Crippen LogP contribution in [0.2, 0.25) is 0 Å². The van der Waals surface area contributed by atoms with Gasteiger partial charge in [0.15, 0.2) is 0 Å². The lowest BCUT2D eigenvalue weighted by atomic mass is 9.51. The molecule has 34 heavy (non-hydrogen) atoms. The number of Topliss-reactive ketones (excluding diaryl/α,β-unsaturated/α-hetero) is 1. The predicted molar refractivity (Wildman–Crippen MR) is 144 cm³/mol. The van der Waals surface area contributed by atoms with Gasteiger partial charge in [-0.2, -0.15) is 0 Å². The normalized spacial score (nSPS) is 26.1. The number of allylic oxidation sites excluding steroid dienone is 3. The molecule has 180 valence electrons. The van der Waals surface area contributed by atoms with Gasteiger partial charge in [-0.05, 0) is 34.6 Å². The molecule has 0 fully saturated rings. The Bertz CT molecular complexity index is 1080. The van der Waals surface area contributed by atoms with Gasteiger partial charge in [0.25, 0.3) is 0 Å². The molecule has 0 saturated heterocycles. The van der Waals surface area contributed by atoms with E-state index in [9.17, 15) is 9.90 Å². The lowest BCUT2D eigenvalue weighted by molar-refractivity contribution is -0.156. The lowest BCUT2D eigenvalue weighted by Crippen LogP contribution is -2.60. The fourth-order valence-electron chi connectivity index (χ4n) is 4.92. The first kappa shape index (κ1) is 25.9. The number of carbonyl (C=O) groups excluding carboxylic acids is 1. The second-order valence-electron chi connectivity index (χ2n) is 12.0. The maximum absolute atomic E-state index is 14.0. The van der Waals surface area contributed by atoms with Crippen LogP contribution in [0.15, 0.2) is 84.5 Å². The van der Waals surface area contributed by atoms with Gasteiger partial charge >= 0.3 is 0 Å². The number of hydrogen-bond donors (Lipinski definition) is 1. The minimum absolute atomic E-state index is 0.0903. The first-order chi connectivity index (χ1) is 15.8. The third kappa shape index (κ3) is 5.50. The Hall–Kier alpha value is -2.71. The molecule has 0 saturated carbocycles. The van der Waals surface area contributed by atoms with Crippen molar-refractivity contribution in [3.8, 4) is 0 Å². The molecular formula is C32H40O2. The quantitative estimate of drug-likeness (QED) is 0.499. The van der Waals surface area contributed by atoms with Crippen LogP contribution in [0.5, 0.6) is 0 Å². The number of benzene rings is 2. The average molecular weight is 457 g/mol. The van der Waals surface area contributed by atoms with Crippen molar-refractivity contribution in [2.45, 2.75) is 60.5 Å². The molecule has 0 heterocycles. The molecule has 0 aromatic heterocycles. The molecule has 0 amide bonds. The van der Waals surface area contributed by atoms with Crippen molar-refractivity contribution in [2.24, 2.45) is 22.2 Å². The van der Waals surface area contributed by atoms with E-state index in [2.05, 4.69) is 55.5 Å². The van der Waals surface area contributed by atoms with Gasteiger partial charge in [-0.15, -0.1) is 0 Å². The highest BCUT2D eigenvalue weighted by molar-refractivity contribution is 5.89. The summed E-state index contributed by atoms with van der Waals surface area (Å²) in [7, 11) is 0. The van der Waals surface area contributed by atoms with Crippen molar-refractivity contribution in [3.05, 3.63) is 95.6 Å². The molecule has 0 bridgehead atoms. The van der Waals surface area contributed by atoms with Crippen molar-refractivity contribution in [2.75, 3.05) is 0 Å². The maximum atomic E-state index is 14.0. The fourth-order valence-corrected chi connectivity index (χ4v) is 4.92. The topological polar surface area (TPSA) is 37.3 Å². The first-order valence-electron chi connectivity index (χ1n) is 12.2. The molecule has 3 atom stereocenters. The standard InChI is InChI=1S/C32H40O2/c1-29(2,3)28(33)27-31(7,21-20-25-16-12-9-13-17-25)22-26(23-32(27,34)30(4,5)6)19-18-24-14-10-8-11-15-24/h8-21,23,27,34H,22H2,1-7H3/b19-18+,21-20+. The molecule has 1 aliphatic carbocycles. The summed E-state index contributed by atoms with van der Waals surface area (Å²) >= 11 is 0. The second-order valence-corrected chi connectivity index (χ2v) is 12.0. The van der Waals surface area contributed by atoms with Crippen molar-refractivity contribution in [3.63, 3.8) is 0 Å². The van der Waals surface area contributed by atoms with Crippen LogP contribution in [0.25, 0.3) is 12.2 Å². The van der Waals surface area contributed by atoms with Gasteiger partial charge in [0.2, 0.25) is 0 Å². The second kappa shape index (κ2) is 9.50. The van der Waals surface area contributed by atoms with Crippen LogP contribution < -0.4 is 0 Å². The predicted octanol–water partition coefficient (Wildman–Crippen LogP) is 7.76. The third-order valence-electron chi connectivity index (χ3n) is 7.04. The van der Waals surface area contributed by atoms with Gasteiger partial charge < -0.3 is 5.11 Å². The van der Waals surface area contributed by atoms with E-state index in [1.165, 1.54) is 0 Å². The van der Waals surface area contributed by atoms with Gasteiger partial charge in [0.05, 0.1) is 11.5 Å². The molecule has 1 N–H and O–H groups in total. The van der Waals surface area contributed by atoms with Crippen molar-refractivity contribution >= 4 is 17.9 Å². The van der Waals surface area contributed by atoms with E-state index in [1.54, 1.807) is 0 Å². The zero-order valence-electron chi connectivity index (χ0n) is 21.8. The first-order valence-corrected chi connectivity index (χ1v) is 12.2. The Morgan fingerprint density at radius 2 is 1.35 bits per heavy atom. The summed E-state index contributed by atoms with van der Waals surface area (Å²) < 4.78 is 0. The zero-order valence-corrected chi connectivity index (χ0v) is 21.8. The summed E-state index contributed by atoms with van der Waals surface area (Å²) in [6.45, 7) is 14.1. The van der Waals surface area contributed by atoms with Crippen molar-refractivity contribution < 1.29 is 9.90 Å². The van der Waals surface area contributed by atoms with Crippen LogP contribution in [0.4, 0.5) is 0 Å². The Balaban J connectivity index is 2.17. The molecule has 0 spiro atoms. The highest BCUT2D eigenvalue weighted by Gasteiger charge is 2.58. The van der Waals surface area contributed by atoms with Crippen molar-refractivity contribution in [1.82, 2.24) is 0 Å². The summed E-state index contributed by atoms with van der Waals surface area (Å²) in [5, 5.41) is 12.3.